The Hall–Kier alpha value is -2.40. The van der Waals surface area contributed by atoms with Gasteiger partial charge < -0.3 is 4.42 Å². The van der Waals surface area contributed by atoms with Crippen molar-refractivity contribution in [3.05, 3.63) is 68.9 Å². The first kappa shape index (κ1) is 13.6. The van der Waals surface area contributed by atoms with Gasteiger partial charge in [-0.05, 0) is 36.4 Å². The van der Waals surface area contributed by atoms with Crippen LogP contribution in [0.2, 0.25) is 5.02 Å². The van der Waals surface area contributed by atoms with Crippen LogP contribution in [0, 0.1) is 5.82 Å². The van der Waals surface area contributed by atoms with Gasteiger partial charge in [-0.25, -0.2) is 9.18 Å². The lowest BCUT2D eigenvalue weighted by atomic mass is 10.0. The first-order valence-electron chi connectivity index (χ1n) is 6.06. The largest absolute Gasteiger partial charge is 0.419 e. The van der Waals surface area contributed by atoms with E-state index in [4.69, 9.17) is 16.0 Å². The Balaban J connectivity index is 2.11. The third-order valence-electron chi connectivity index (χ3n) is 3.23. The highest BCUT2D eigenvalue weighted by Crippen LogP contribution is 2.20. The van der Waals surface area contributed by atoms with E-state index in [1.807, 2.05) is 0 Å². The molecule has 1 aromatic heterocycles. The molecule has 0 saturated carbocycles. The number of benzene rings is 2. The van der Waals surface area contributed by atoms with Crippen molar-refractivity contribution in [1.82, 2.24) is 4.57 Å². The summed E-state index contributed by atoms with van der Waals surface area (Å²) in [5.74, 6) is -1.72. The predicted octanol–water partition coefficient (Wildman–Crippen LogP) is 3.16. The highest BCUT2D eigenvalue weighted by molar-refractivity contribution is 6.30. The second-order valence-corrected chi connectivity index (χ2v) is 5.00. The maximum Gasteiger partial charge on any atom is 0.419 e. The van der Waals surface area contributed by atoms with Gasteiger partial charge in [0.1, 0.15) is 5.82 Å². The monoisotopic (exact) mass is 305 g/mol. The number of carbonyl (C=O) groups is 1. The molecule has 0 saturated heterocycles. The van der Waals surface area contributed by atoms with Crippen LogP contribution in [0.25, 0.3) is 11.1 Å². The quantitative estimate of drug-likeness (QED) is 0.683. The van der Waals surface area contributed by atoms with E-state index in [0.717, 1.165) is 6.07 Å². The van der Waals surface area contributed by atoms with E-state index >= 15 is 0 Å². The second kappa shape index (κ2) is 4.86. The molecule has 6 heteroatoms. The minimum absolute atomic E-state index is 0.0861. The first-order valence-corrected chi connectivity index (χ1v) is 6.44. The predicted molar refractivity (Wildman–Crippen MR) is 76.3 cm³/mol. The Morgan fingerprint density at radius 3 is 2.71 bits per heavy atom. The van der Waals surface area contributed by atoms with Gasteiger partial charge in [0.05, 0.1) is 11.1 Å². The van der Waals surface area contributed by atoms with Crippen molar-refractivity contribution in [3.63, 3.8) is 0 Å². The van der Waals surface area contributed by atoms with Crippen molar-refractivity contribution in [1.29, 1.82) is 0 Å². The third-order valence-corrected chi connectivity index (χ3v) is 3.47. The molecule has 106 valence electrons. The van der Waals surface area contributed by atoms with Crippen LogP contribution in [-0.4, -0.2) is 10.4 Å². The Kier molecular flexibility index (Phi) is 3.14. The van der Waals surface area contributed by atoms with Gasteiger partial charge in [-0.15, -0.1) is 0 Å². The molecule has 0 aliphatic carbocycles. The number of carbonyl (C=O) groups excluding carboxylic acids is 1. The molecule has 0 atom stereocenters. The fourth-order valence-electron chi connectivity index (χ4n) is 2.10. The van der Waals surface area contributed by atoms with Crippen molar-refractivity contribution in [3.8, 4) is 0 Å². The van der Waals surface area contributed by atoms with E-state index in [9.17, 15) is 14.0 Å². The van der Waals surface area contributed by atoms with Crippen LogP contribution in [0.3, 0.4) is 0 Å². The van der Waals surface area contributed by atoms with Crippen LogP contribution in [0.15, 0.2) is 45.6 Å². The standard InChI is InChI=1S/C15H9ClFNO3/c1-18-12-5-2-8(6-13(12)21-15(18)20)14(19)10-4-3-9(16)7-11(10)17/h2-7H,1H3. The van der Waals surface area contributed by atoms with Gasteiger partial charge >= 0.3 is 5.76 Å². The van der Waals surface area contributed by atoms with E-state index in [1.165, 1.54) is 28.8 Å². The summed E-state index contributed by atoms with van der Waals surface area (Å²) < 4.78 is 20.1. The van der Waals surface area contributed by atoms with Gasteiger partial charge in [-0.1, -0.05) is 11.6 Å². The molecule has 1 heterocycles. The maximum absolute atomic E-state index is 13.8. The van der Waals surface area contributed by atoms with E-state index in [0.29, 0.717) is 5.52 Å². The lowest BCUT2D eigenvalue weighted by Crippen LogP contribution is -2.08. The molecule has 0 spiro atoms. The fourth-order valence-corrected chi connectivity index (χ4v) is 2.26. The molecule has 21 heavy (non-hydrogen) atoms. The summed E-state index contributed by atoms with van der Waals surface area (Å²) >= 11 is 5.66. The van der Waals surface area contributed by atoms with Gasteiger partial charge in [-0.3, -0.25) is 9.36 Å². The zero-order valence-electron chi connectivity index (χ0n) is 10.9. The van der Waals surface area contributed by atoms with Crippen LogP contribution in [-0.2, 0) is 7.05 Å². The normalized spacial score (nSPS) is 11.0. The molecule has 0 amide bonds. The lowest BCUT2D eigenvalue weighted by molar-refractivity contribution is 0.103. The summed E-state index contributed by atoms with van der Waals surface area (Å²) in [5, 5.41) is 0.216. The average Bonchev–Trinajstić information content (AvgIpc) is 2.73. The summed E-state index contributed by atoms with van der Waals surface area (Å²) in [5.41, 5.74) is 0.992. The number of fused-ring (bicyclic) bond motifs is 1. The van der Waals surface area contributed by atoms with Crippen LogP contribution < -0.4 is 5.76 Å². The molecule has 0 radical (unpaired) electrons. The molecule has 0 bridgehead atoms. The number of rotatable bonds is 2. The molecular formula is C15H9ClFNO3. The maximum atomic E-state index is 13.8. The number of hydrogen-bond donors (Lipinski definition) is 0. The smallest absolute Gasteiger partial charge is 0.408 e. The second-order valence-electron chi connectivity index (χ2n) is 4.56. The van der Waals surface area contributed by atoms with Crippen LogP contribution >= 0.6 is 11.6 Å². The van der Waals surface area contributed by atoms with E-state index in [-0.39, 0.29) is 21.7 Å². The summed E-state index contributed by atoms with van der Waals surface area (Å²) in [6, 6.07) is 8.38. The summed E-state index contributed by atoms with van der Waals surface area (Å²) in [6.45, 7) is 0. The topological polar surface area (TPSA) is 52.2 Å². The van der Waals surface area contributed by atoms with Crippen molar-refractivity contribution in [2.24, 2.45) is 7.05 Å². The van der Waals surface area contributed by atoms with Gasteiger partial charge in [0.25, 0.3) is 0 Å². The summed E-state index contributed by atoms with van der Waals surface area (Å²) in [4.78, 5) is 23.7. The van der Waals surface area contributed by atoms with Crippen molar-refractivity contribution in [2.45, 2.75) is 0 Å². The minimum atomic E-state index is -0.692. The third kappa shape index (κ3) is 2.25. The Morgan fingerprint density at radius 2 is 2.00 bits per heavy atom. The van der Waals surface area contributed by atoms with Crippen molar-refractivity contribution >= 4 is 28.5 Å². The van der Waals surface area contributed by atoms with Crippen molar-refractivity contribution < 1.29 is 13.6 Å². The van der Waals surface area contributed by atoms with Gasteiger partial charge in [0.15, 0.2) is 11.4 Å². The highest BCUT2D eigenvalue weighted by atomic mass is 35.5. The fraction of sp³-hybridized carbons (Fsp3) is 0.0667. The molecule has 0 aliphatic rings. The van der Waals surface area contributed by atoms with Crippen molar-refractivity contribution in [2.75, 3.05) is 0 Å². The average molecular weight is 306 g/mol. The van der Waals surface area contributed by atoms with Gasteiger partial charge in [0.2, 0.25) is 0 Å². The zero-order valence-corrected chi connectivity index (χ0v) is 11.6. The lowest BCUT2D eigenvalue weighted by Gasteiger charge is -2.03. The molecule has 3 aromatic rings. The Labute approximate surface area is 123 Å². The van der Waals surface area contributed by atoms with Crippen LogP contribution in [0.4, 0.5) is 4.39 Å². The molecule has 0 N–H and O–H groups in total. The van der Waals surface area contributed by atoms with Gasteiger partial charge in [-0.2, -0.15) is 0 Å². The number of aryl methyl sites for hydroxylation is 1. The molecule has 4 nitrogen and oxygen atoms in total. The summed E-state index contributed by atoms with van der Waals surface area (Å²) in [7, 11) is 1.56. The number of aromatic nitrogens is 1. The minimum Gasteiger partial charge on any atom is -0.408 e. The van der Waals surface area contributed by atoms with E-state index in [2.05, 4.69) is 0 Å². The van der Waals surface area contributed by atoms with Crippen LogP contribution in [0.5, 0.6) is 0 Å². The molecule has 0 aliphatic heterocycles. The number of oxazole rings is 1. The Morgan fingerprint density at radius 1 is 1.24 bits per heavy atom. The molecule has 2 aromatic carbocycles. The Bertz CT molecular complexity index is 926. The van der Waals surface area contributed by atoms with E-state index < -0.39 is 17.4 Å². The molecule has 0 fully saturated rings. The summed E-state index contributed by atoms with van der Waals surface area (Å²) in [6.07, 6.45) is 0. The molecular weight excluding hydrogens is 297 g/mol. The van der Waals surface area contributed by atoms with Crippen LogP contribution in [0.1, 0.15) is 15.9 Å². The first-order chi connectivity index (χ1) is 9.97. The zero-order chi connectivity index (χ0) is 15.1. The number of halogens is 2. The highest BCUT2D eigenvalue weighted by Gasteiger charge is 2.16. The SMILES string of the molecule is Cn1c(=O)oc2cc(C(=O)c3ccc(Cl)cc3F)ccc21. The van der Waals surface area contributed by atoms with E-state index in [1.54, 1.807) is 13.1 Å². The number of ketones is 1. The molecule has 0 unspecified atom stereocenters. The molecule has 3 rings (SSSR count). The van der Waals surface area contributed by atoms with Gasteiger partial charge in [0, 0.05) is 17.6 Å². The number of hydrogen-bond acceptors (Lipinski definition) is 3. The number of nitrogens with zero attached hydrogens (tertiary/aromatic N) is 1.